The van der Waals surface area contributed by atoms with E-state index in [1.807, 2.05) is 11.3 Å². The molecule has 2 aromatic heterocycles. The van der Waals surface area contributed by atoms with Crippen molar-refractivity contribution in [2.75, 3.05) is 19.6 Å². The summed E-state index contributed by atoms with van der Waals surface area (Å²) in [6, 6.07) is 4.32. The van der Waals surface area contributed by atoms with Crippen molar-refractivity contribution in [3.05, 3.63) is 38.0 Å². The summed E-state index contributed by atoms with van der Waals surface area (Å²) in [6.45, 7) is 11.1. The Morgan fingerprint density at radius 1 is 1.32 bits per heavy atom. The van der Waals surface area contributed by atoms with Gasteiger partial charge in [-0.05, 0) is 44.6 Å². The maximum absolute atomic E-state index is 4.74. The number of aromatic nitrogens is 1. The van der Waals surface area contributed by atoms with Gasteiger partial charge in [-0.2, -0.15) is 0 Å². The molecule has 0 saturated heterocycles. The van der Waals surface area contributed by atoms with Crippen LogP contribution >= 0.6 is 46.7 Å². The fraction of sp³-hybridized carbons (Fsp3) is 0.556. The zero-order valence-corrected chi connectivity index (χ0v) is 19.4. The van der Waals surface area contributed by atoms with Gasteiger partial charge in [0.2, 0.25) is 0 Å². The van der Waals surface area contributed by atoms with Crippen LogP contribution < -0.4 is 10.6 Å². The van der Waals surface area contributed by atoms with Crippen LogP contribution in [0.3, 0.4) is 0 Å². The number of guanidine groups is 1. The minimum atomic E-state index is 0. The molecule has 140 valence electrons. The number of aryl methyl sites for hydroxylation is 2. The summed E-state index contributed by atoms with van der Waals surface area (Å²) in [5.74, 6) is 1.46. The Morgan fingerprint density at radius 2 is 2.12 bits per heavy atom. The minimum absolute atomic E-state index is 0. The van der Waals surface area contributed by atoms with Gasteiger partial charge in [-0.1, -0.05) is 13.0 Å². The Kier molecular flexibility index (Phi) is 10.6. The van der Waals surface area contributed by atoms with Crippen molar-refractivity contribution in [3.8, 4) is 0 Å². The van der Waals surface area contributed by atoms with Crippen molar-refractivity contribution >= 4 is 52.6 Å². The van der Waals surface area contributed by atoms with Gasteiger partial charge in [-0.3, -0.25) is 4.99 Å². The lowest BCUT2D eigenvalue weighted by atomic mass is 10.1. The fourth-order valence-electron chi connectivity index (χ4n) is 2.53. The summed E-state index contributed by atoms with van der Waals surface area (Å²) in [5, 5.41) is 10.1. The van der Waals surface area contributed by atoms with Gasteiger partial charge in [-0.15, -0.1) is 46.7 Å². The number of hydrogen-bond donors (Lipinski definition) is 2. The lowest BCUT2D eigenvalue weighted by molar-refractivity contribution is 0.595. The fourth-order valence-corrected chi connectivity index (χ4v) is 4.33. The quantitative estimate of drug-likeness (QED) is 0.326. The second kappa shape index (κ2) is 11.9. The number of nitrogens with one attached hydrogen (secondary N) is 2. The second-order valence-corrected chi connectivity index (χ2v) is 8.35. The van der Waals surface area contributed by atoms with Gasteiger partial charge >= 0.3 is 0 Å². The Hall–Kier alpha value is -0.670. The van der Waals surface area contributed by atoms with E-state index in [2.05, 4.69) is 60.8 Å². The van der Waals surface area contributed by atoms with Crippen LogP contribution in [-0.4, -0.2) is 30.6 Å². The highest BCUT2D eigenvalue weighted by Gasteiger charge is 2.07. The summed E-state index contributed by atoms with van der Waals surface area (Å²) >= 11 is 3.62. The normalized spacial score (nSPS) is 12.6. The third kappa shape index (κ3) is 8.04. The van der Waals surface area contributed by atoms with Crippen LogP contribution in [0.15, 0.2) is 22.5 Å². The molecule has 25 heavy (non-hydrogen) atoms. The molecule has 0 fully saturated rings. The molecule has 0 bridgehead atoms. The largest absolute Gasteiger partial charge is 0.357 e. The van der Waals surface area contributed by atoms with Crippen molar-refractivity contribution in [1.82, 2.24) is 15.6 Å². The number of hydrogen-bond acceptors (Lipinski definition) is 4. The van der Waals surface area contributed by atoms with Crippen LogP contribution in [0.2, 0.25) is 0 Å². The molecule has 2 heterocycles. The maximum Gasteiger partial charge on any atom is 0.191 e. The number of thiazole rings is 1. The molecule has 2 N–H and O–H groups in total. The van der Waals surface area contributed by atoms with Gasteiger partial charge in [0.25, 0.3) is 0 Å². The molecule has 7 heteroatoms. The molecule has 0 aliphatic heterocycles. The minimum Gasteiger partial charge on any atom is -0.357 e. The zero-order chi connectivity index (χ0) is 17.4. The smallest absolute Gasteiger partial charge is 0.191 e. The van der Waals surface area contributed by atoms with E-state index in [4.69, 9.17) is 4.99 Å². The average molecular weight is 492 g/mol. The van der Waals surface area contributed by atoms with E-state index in [1.54, 1.807) is 11.3 Å². The summed E-state index contributed by atoms with van der Waals surface area (Å²) in [6.07, 6.45) is 2.09. The summed E-state index contributed by atoms with van der Waals surface area (Å²) in [5.41, 5.74) is 1.16. The zero-order valence-electron chi connectivity index (χ0n) is 15.5. The third-order valence-electron chi connectivity index (χ3n) is 3.68. The van der Waals surface area contributed by atoms with Gasteiger partial charge < -0.3 is 10.6 Å². The van der Waals surface area contributed by atoms with E-state index in [0.717, 1.165) is 49.1 Å². The van der Waals surface area contributed by atoms with E-state index in [0.29, 0.717) is 5.92 Å². The number of thiophene rings is 1. The lowest BCUT2D eigenvalue weighted by Crippen LogP contribution is -2.38. The van der Waals surface area contributed by atoms with Crippen LogP contribution in [0.25, 0.3) is 0 Å². The first-order valence-electron chi connectivity index (χ1n) is 8.56. The lowest BCUT2D eigenvalue weighted by Gasteiger charge is -2.13. The molecule has 0 radical (unpaired) electrons. The number of halogens is 1. The predicted octanol–water partition coefficient (Wildman–Crippen LogP) is 4.42. The first-order valence-corrected chi connectivity index (χ1v) is 10.3. The first-order chi connectivity index (χ1) is 11.6. The van der Waals surface area contributed by atoms with Crippen molar-refractivity contribution < 1.29 is 0 Å². The summed E-state index contributed by atoms with van der Waals surface area (Å²) in [4.78, 5) is 12.0. The van der Waals surface area contributed by atoms with E-state index < -0.39 is 0 Å². The van der Waals surface area contributed by atoms with Crippen LogP contribution in [0.5, 0.6) is 0 Å². The Bertz CT molecular complexity index is 638. The predicted molar refractivity (Wildman–Crippen MR) is 122 cm³/mol. The van der Waals surface area contributed by atoms with Crippen molar-refractivity contribution in [2.24, 2.45) is 10.9 Å². The van der Waals surface area contributed by atoms with E-state index in [1.165, 1.54) is 9.75 Å². The second-order valence-electron chi connectivity index (χ2n) is 6.03. The molecular weight excluding hydrogens is 463 g/mol. The topological polar surface area (TPSA) is 49.3 Å². The van der Waals surface area contributed by atoms with E-state index in [9.17, 15) is 0 Å². The molecule has 2 aromatic rings. The molecule has 1 unspecified atom stereocenters. The Labute approximate surface area is 176 Å². The molecule has 0 amide bonds. The number of nitrogens with zero attached hydrogens (tertiary/aromatic N) is 2. The monoisotopic (exact) mass is 492 g/mol. The number of aliphatic imine (C=N–C) groups is 1. The maximum atomic E-state index is 4.74. The van der Waals surface area contributed by atoms with Gasteiger partial charge in [-0.25, -0.2) is 4.98 Å². The average Bonchev–Trinajstić information content (AvgIpc) is 3.14. The highest BCUT2D eigenvalue weighted by atomic mass is 127. The van der Waals surface area contributed by atoms with Gasteiger partial charge in [0, 0.05) is 35.8 Å². The third-order valence-corrected chi connectivity index (χ3v) is 5.71. The van der Waals surface area contributed by atoms with Gasteiger partial charge in [0.05, 0.1) is 10.7 Å². The first kappa shape index (κ1) is 22.4. The van der Waals surface area contributed by atoms with Crippen LogP contribution in [0, 0.1) is 19.8 Å². The van der Waals surface area contributed by atoms with Crippen molar-refractivity contribution in [1.29, 1.82) is 0 Å². The Morgan fingerprint density at radius 3 is 2.72 bits per heavy atom. The molecule has 2 rings (SSSR count). The highest BCUT2D eigenvalue weighted by molar-refractivity contribution is 14.0. The molecule has 4 nitrogen and oxygen atoms in total. The van der Waals surface area contributed by atoms with Crippen LogP contribution in [-0.2, 0) is 12.8 Å². The van der Waals surface area contributed by atoms with Crippen LogP contribution in [0.4, 0.5) is 0 Å². The standard InChI is InChI=1S/C18H28N4S2.HI/c1-5-19-18(20-9-8-17-14(3)22-15(4)24-17)21-12-13(2)11-16-7-6-10-23-16;/h6-7,10,13H,5,8-9,11-12H2,1-4H3,(H2,19,20,21);1H. The molecule has 0 saturated carbocycles. The van der Waals surface area contributed by atoms with E-state index in [-0.39, 0.29) is 24.0 Å². The molecule has 0 aliphatic carbocycles. The van der Waals surface area contributed by atoms with Gasteiger partial charge in [0.15, 0.2) is 5.96 Å². The van der Waals surface area contributed by atoms with Crippen LogP contribution in [0.1, 0.15) is 34.3 Å². The Balaban J connectivity index is 0.00000312. The summed E-state index contributed by atoms with van der Waals surface area (Å²) in [7, 11) is 0. The highest BCUT2D eigenvalue weighted by Crippen LogP contribution is 2.17. The SMILES string of the molecule is CCNC(=NCC(C)Cc1cccs1)NCCc1sc(C)nc1C.I. The molecular formula is C18H29IN4S2. The molecule has 0 aliphatic rings. The van der Waals surface area contributed by atoms with Gasteiger partial charge in [0.1, 0.15) is 0 Å². The number of rotatable bonds is 8. The molecule has 0 aromatic carbocycles. The summed E-state index contributed by atoms with van der Waals surface area (Å²) < 4.78 is 0. The molecule has 0 spiro atoms. The van der Waals surface area contributed by atoms with E-state index >= 15 is 0 Å². The molecule has 1 atom stereocenters. The van der Waals surface area contributed by atoms with Crippen molar-refractivity contribution in [3.63, 3.8) is 0 Å². The van der Waals surface area contributed by atoms with Crippen molar-refractivity contribution in [2.45, 2.75) is 40.5 Å².